The zero-order valence-corrected chi connectivity index (χ0v) is 14.4. The lowest BCUT2D eigenvalue weighted by atomic mass is 10.2. The van der Waals surface area contributed by atoms with E-state index in [0.29, 0.717) is 10.0 Å². The normalized spacial score (nSPS) is 11.4. The van der Waals surface area contributed by atoms with Crippen molar-refractivity contribution in [3.8, 4) is 0 Å². The Kier molecular flexibility index (Phi) is 5.09. The first-order valence-electron chi connectivity index (χ1n) is 5.76. The van der Waals surface area contributed by atoms with Crippen molar-refractivity contribution in [1.82, 2.24) is 0 Å². The van der Waals surface area contributed by atoms with E-state index in [1.165, 1.54) is 18.2 Å². The van der Waals surface area contributed by atoms with Crippen molar-refractivity contribution < 1.29 is 13.2 Å². The van der Waals surface area contributed by atoms with Gasteiger partial charge in [0, 0.05) is 15.1 Å². The summed E-state index contributed by atoms with van der Waals surface area (Å²) >= 11 is 14.9. The Labute approximate surface area is 140 Å². The Balaban J connectivity index is 2.33. The zero-order valence-electron chi connectivity index (χ0n) is 10.5. The van der Waals surface area contributed by atoms with Gasteiger partial charge in [-0.15, -0.1) is 0 Å². The summed E-state index contributed by atoms with van der Waals surface area (Å²) < 4.78 is 25.3. The molecule has 2 aromatic carbocycles. The summed E-state index contributed by atoms with van der Waals surface area (Å²) in [5.74, 6) is -1.17. The number of carbonyl (C=O) groups is 1. The maximum atomic E-state index is 12.3. The molecule has 2 aromatic rings. The van der Waals surface area contributed by atoms with Gasteiger partial charge in [0.2, 0.25) is 0 Å². The van der Waals surface area contributed by atoms with E-state index >= 15 is 0 Å². The number of rotatable bonds is 4. The van der Waals surface area contributed by atoms with Crippen LogP contribution >= 0.6 is 39.1 Å². The highest BCUT2D eigenvalue weighted by Gasteiger charge is 2.23. The Hall–Kier alpha value is -0.880. The third-order valence-corrected chi connectivity index (χ3v) is 5.52. The molecule has 0 aromatic heterocycles. The van der Waals surface area contributed by atoms with Crippen LogP contribution in [0.1, 0.15) is 10.4 Å². The summed E-state index contributed by atoms with van der Waals surface area (Å²) in [6, 6.07) is 10.7. The van der Waals surface area contributed by atoms with Gasteiger partial charge in [-0.25, -0.2) is 8.42 Å². The molecule has 0 heterocycles. The fourth-order valence-electron chi connectivity index (χ4n) is 1.71. The van der Waals surface area contributed by atoms with Crippen LogP contribution in [0, 0.1) is 0 Å². The molecule has 2 rings (SSSR count). The number of carbonyl (C=O) groups excluding carboxylic acids is 1. The van der Waals surface area contributed by atoms with Gasteiger partial charge in [-0.3, -0.25) is 4.79 Å². The van der Waals surface area contributed by atoms with Crippen LogP contribution in [-0.4, -0.2) is 20.0 Å². The highest BCUT2D eigenvalue weighted by molar-refractivity contribution is 9.10. The van der Waals surface area contributed by atoms with Gasteiger partial charge in [0.15, 0.2) is 15.6 Å². The van der Waals surface area contributed by atoms with Crippen molar-refractivity contribution in [1.29, 1.82) is 0 Å². The summed E-state index contributed by atoms with van der Waals surface area (Å²) in [6.07, 6.45) is 0. The maximum absolute atomic E-state index is 12.3. The molecule has 0 spiro atoms. The number of sulfone groups is 1. The summed E-state index contributed by atoms with van der Waals surface area (Å²) in [4.78, 5) is 12.0. The molecule has 21 heavy (non-hydrogen) atoms. The Bertz CT molecular complexity index is 804. The van der Waals surface area contributed by atoms with Gasteiger partial charge in [0.05, 0.1) is 9.92 Å². The number of hydrogen-bond donors (Lipinski definition) is 0. The van der Waals surface area contributed by atoms with Crippen molar-refractivity contribution in [3.05, 3.63) is 62.5 Å². The van der Waals surface area contributed by atoms with Gasteiger partial charge in [-0.05, 0) is 30.3 Å². The largest absolute Gasteiger partial charge is 0.293 e. The summed E-state index contributed by atoms with van der Waals surface area (Å²) in [5.41, 5.74) is 0.311. The topological polar surface area (TPSA) is 51.2 Å². The highest BCUT2D eigenvalue weighted by atomic mass is 79.9. The molecule has 7 heteroatoms. The Morgan fingerprint density at radius 1 is 1.10 bits per heavy atom. The van der Waals surface area contributed by atoms with Crippen LogP contribution < -0.4 is 0 Å². The molecule has 0 saturated carbocycles. The minimum absolute atomic E-state index is 0.0430. The number of benzene rings is 2. The first-order valence-corrected chi connectivity index (χ1v) is 8.96. The summed E-state index contributed by atoms with van der Waals surface area (Å²) in [5, 5.41) is 0.286. The number of Topliss-reactive ketones (excluding diaryl/α,β-unsaturated/α-hetero) is 1. The summed E-state index contributed by atoms with van der Waals surface area (Å²) in [6.45, 7) is 0. The first-order chi connectivity index (χ1) is 9.79. The van der Waals surface area contributed by atoms with E-state index in [1.807, 2.05) is 0 Å². The average Bonchev–Trinajstić information content (AvgIpc) is 2.41. The average molecular weight is 408 g/mol. The van der Waals surface area contributed by atoms with Crippen molar-refractivity contribution in [2.75, 3.05) is 5.75 Å². The first kappa shape index (κ1) is 16.5. The van der Waals surface area contributed by atoms with Gasteiger partial charge >= 0.3 is 0 Å². The molecule has 0 radical (unpaired) electrons. The molecule has 0 aliphatic heterocycles. The molecule has 0 bridgehead atoms. The quantitative estimate of drug-likeness (QED) is 0.705. The second kappa shape index (κ2) is 6.48. The second-order valence-electron chi connectivity index (χ2n) is 4.27. The number of hydrogen-bond acceptors (Lipinski definition) is 3. The van der Waals surface area contributed by atoms with Gasteiger partial charge in [-0.1, -0.05) is 51.3 Å². The third kappa shape index (κ3) is 4.07. The van der Waals surface area contributed by atoms with E-state index in [0.717, 1.165) is 0 Å². The third-order valence-electron chi connectivity index (χ3n) is 2.70. The van der Waals surface area contributed by atoms with Crippen LogP contribution in [0.5, 0.6) is 0 Å². The molecule has 110 valence electrons. The van der Waals surface area contributed by atoms with Crippen LogP contribution in [0.25, 0.3) is 0 Å². The Morgan fingerprint density at radius 3 is 2.48 bits per heavy atom. The molecule has 0 fully saturated rings. The molecular formula is C14H9BrCl2O3S. The SMILES string of the molecule is O=C(CS(=O)(=O)c1cc(Cl)ccc1Cl)c1cccc(Br)c1. The molecule has 0 unspecified atom stereocenters. The van der Waals surface area contributed by atoms with Crippen LogP contribution in [0.4, 0.5) is 0 Å². The number of halogens is 3. The van der Waals surface area contributed by atoms with Gasteiger partial charge in [0.1, 0.15) is 5.75 Å². The molecule has 0 saturated heterocycles. The fourth-order valence-corrected chi connectivity index (χ4v) is 4.16. The lowest BCUT2D eigenvalue weighted by Crippen LogP contribution is -2.16. The summed E-state index contributed by atoms with van der Waals surface area (Å²) in [7, 11) is -3.85. The van der Waals surface area contributed by atoms with E-state index in [2.05, 4.69) is 15.9 Å². The zero-order chi connectivity index (χ0) is 15.6. The second-order valence-corrected chi connectivity index (χ2v) is 7.98. The monoisotopic (exact) mass is 406 g/mol. The molecule has 0 atom stereocenters. The van der Waals surface area contributed by atoms with E-state index in [1.54, 1.807) is 24.3 Å². The van der Waals surface area contributed by atoms with Crippen LogP contribution in [0.2, 0.25) is 10.0 Å². The molecule has 0 aliphatic rings. The van der Waals surface area contributed by atoms with Crippen molar-refractivity contribution in [2.45, 2.75) is 4.90 Å². The van der Waals surface area contributed by atoms with E-state index in [9.17, 15) is 13.2 Å². The van der Waals surface area contributed by atoms with E-state index in [4.69, 9.17) is 23.2 Å². The molecule has 3 nitrogen and oxygen atoms in total. The van der Waals surface area contributed by atoms with Crippen LogP contribution in [0.3, 0.4) is 0 Å². The number of ketones is 1. The highest BCUT2D eigenvalue weighted by Crippen LogP contribution is 2.26. The van der Waals surface area contributed by atoms with Gasteiger partial charge < -0.3 is 0 Å². The van der Waals surface area contributed by atoms with Gasteiger partial charge in [-0.2, -0.15) is 0 Å². The van der Waals surface area contributed by atoms with Gasteiger partial charge in [0.25, 0.3) is 0 Å². The maximum Gasteiger partial charge on any atom is 0.187 e. The molecule has 0 aliphatic carbocycles. The lowest BCUT2D eigenvalue weighted by molar-refractivity contribution is 0.102. The van der Waals surface area contributed by atoms with Crippen molar-refractivity contribution >= 4 is 54.8 Å². The fraction of sp³-hybridized carbons (Fsp3) is 0.0714. The van der Waals surface area contributed by atoms with Crippen molar-refractivity contribution in [3.63, 3.8) is 0 Å². The van der Waals surface area contributed by atoms with E-state index in [-0.39, 0.29) is 14.9 Å². The van der Waals surface area contributed by atoms with Crippen molar-refractivity contribution in [2.24, 2.45) is 0 Å². The lowest BCUT2D eigenvalue weighted by Gasteiger charge is -2.07. The predicted molar refractivity (Wildman–Crippen MR) is 87.0 cm³/mol. The predicted octanol–water partition coefficient (Wildman–Crippen LogP) is 4.41. The minimum atomic E-state index is -3.85. The van der Waals surface area contributed by atoms with Crippen LogP contribution in [0.15, 0.2) is 51.8 Å². The molecule has 0 amide bonds. The molecular weight excluding hydrogens is 399 g/mol. The van der Waals surface area contributed by atoms with Crippen LogP contribution in [-0.2, 0) is 9.84 Å². The Morgan fingerprint density at radius 2 is 1.81 bits per heavy atom. The smallest absolute Gasteiger partial charge is 0.187 e. The minimum Gasteiger partial charge on any atom is -0.293 e. The standard InChI is InChI=1S/C14H9BrCl2O3S/c15-10-3-1-2-9(6-10)13(18)8-21(19,20)14-7-11(16)4-5-12(14)17/h1-7H,8H2. The molecule has 0 N–H and O–H groups in total. The van der Waals surface area contributed by atoms with E-state index < -0.39 is 21.4 Å².